The summed E-state index contributed by atoms with van der Waals surface area (Å²) >= 11 is 5.71. The van der Waals surface area contributed by atoms with Crippen molar-refractivity contribution in [3.63, 3.8) is 0 Å². The Balaban J connectivity index is 2.72. The highest BCUT2D eigenvalue weighted by Crippen LogP contribution is 2.25. The third-order valence-electron chi connectivity index (χ3n) is 2.47. The zero-order valence-electron chi connectivity index (χ0n) is 10.5. The number of nitrogens with one attached hydrogen (secondary N) is 1. The molecule has 0 radical (unpaired) electrons. The molecule has 17 heavy (non-hydrogen) atoms. The zero-order chi connectivity index (χ0) is 12.7. The van der Waals surface area contributed by atoms with Gasteiger partial charge in [0.05, 0.1) is 0 Å². The highest BCUT2D eigenvalue weighted by atomic mass is 35.5. The molecule has 3 heteroatoms. The molecule has 0 saturated carbocycles. The summed E-state index contributed by atoms with van der Waals surface area (Å²) < 4.78 is 5.63. The molecule has 1 rings (SSSR count). The van der Waals surface area contributed by atoms with Crippen LogP contribution in [0.3, 0.4) is 0 Å². The molecule has 1 N–H and O–H groups in total. The van der Waals surface area contributed by atoms with Crippen LogP contribution < -0.4 is 10.1 Å². The average molecular weight is 254 g/mol. The zero-order valence-corrected chi connectivity index (χ0v) is 11.3. The van der Waals surface area contributed by atoms with Crippen LogP contribution in [0.2, 0.25) is 0 Å². The highest BCUT2D eigenvalue weighted by Gasteiger charge is 2.10. The minimum atomic E-state index is 0.273. The first-order chi connectivity index (χ1) is 8.15. The maximum Gasteiger partial charge on any atom is 0.124 e. The molecule has 0 aliphatic rings. The van der Waals surface area contributed by atoms with Crippen LogP contribution in [0, 0.1) is 0 Å². The predicted octanol–water partition coefficient (Wildman–Crippen LogP) is 3.88. The number of halogens is 1. The molecular formula is C14H20ClNO. The van der Waals surface area contributed by atoms with E-state index < -0.39 is 0 Å². The number of rotatable bonds is 7. The van der Waals surface area contributed by atoms with Gasteiger partial charge in [0, 0.05) is 16.6 Å². The summed E-state index contributed by atoms with van der Waals surface area (Å²) in [7, 11) is 0. The number of hydrogen-bond acceptors (Lipinski definition) is 2. The number of ether oxygens (including phenoxy) is 1. The molecule has 0 aliphatic heterocycles. The molecule has 1 aromatic carbocycles. The lowest BCUT2D eigenvalue weighted by molar-refractivity contribution is 0.350. The Kier molecular flexibility index (Phi) is 6.09. The molecule has 0 bridgehead atoms. The Bertz CT molecular complexity index is 365. The van der Waals surface area contributed by atoms with Crippen molar-refractivity contribution in [3.05, 3.63) is 41.4 Å². The molecule has 94 valence electrons. The van der Waals surface area contributed by atoms with Gasteiger partial charge in [0.2, 0.25) is 0 Å². The summed E-state index contributed by atoms with van der Waals surface area (Å²) in [6, 6.07) is 8.28. The molecule has 2 nitrogen and oxygen atoms in total. The Morgan fingerprint density at radius 2 is 2.18 bits per heavy atom. The summed E-state index contributed by atoms with van der Waals surface area (Å²) in [5.74, 6) is 0.866. The van der Waals surface area contributed by atoms with Crippen LogP contribution in [-0.4, -0.2) is 13.2 Å². The molecule has 0 aliphatic carbocycles. The lowest BCUT2D eigenvalue weighted by Crippen LogP contribution is -2.20. The monoisotopic (exact) mass is 253 g/mol. The van der Waals surface area contributed by atoms with E-state index >= 15 is 0 Å². The SMILES string of the molecule is C=C(Cl)COc1ccccc1C(C)NCCC. The van der Waals surface area contributed by atoms with Gasteiger partial charge >= 0.3 is 0 Å². The summed E-state index contributed by atoms with van der Waals surface area (Å²) in [4.78, 5) is 0. The van der Waals surface area contributed by atoms with Crippen molar-refractivity contribution in [1.29, 1.82) is 0 Å². The van der Waals surface area contributed by atoms with Crippen molar-refractivity contribution in [3.8, 4) is 5.75 Å². The van der Waals surface area contributed by atoms with E-state index in [4.69, 9.17) is 16.3 Å². The van der Waals surface area contributed by atoms with Crippen molar-refractivity contribution in [2.75, 3.05) is 13.2 Å². The number of benzene rings is 1. The van der Waals surface area contributed by atoms with E-state index in [0.717, 1.165) is 24.3 Å². The van der Waals surface area contributed by atoms with E-state index in [1.807, 2.05) is 18.2 Å². The Morgan fingerprint density at radius 1 is 1.47 bits per heavy atom. The molecule has 1 aromatic rings. The fourth-order valence-corrected chi connectivity index (χ4v) is 1.65. The van der Waals surface area contributed by atoms with Crippen LogP contribution in [0.4, 0.5) is 0 Å². The normalized spacial score (nSPS) is 12.2. The first kappa shape index (κ1) is 14.1. The molecule has 0 spiro atoms. The molecule has 1 atom stereocenters. The largest absolute Gasteiger partial charge is 0.488 e. The molecule has 1 unspecified atom stereocenters. The second-order valence-corrected chi connectivity index (χ2v) is 4.55. The Hall–Kier alpha value is -0.990. The first-order valence-corrected chi connectivity index (χ1v) is 6.31. The second-order valence-electron chi connectivity index (χ2n) is 4.02. The van der Waals surface area contributed by atoms with Gasteiger partial charge in [-0.3, -0.25) is 0 Å². The summed E-state index contributed by atoms with van der Waals surface area (Å²) in [6.07, 6.45) is 1.12. The summed E-state index contributed by atoms with van der Waals surface area (Å²) in [6.45, 7) is 9.25. The molecule has 0 aromatic heterocycles. The molecule has 0 amide bonds. The van der Waals surface area contributed by atoms with Gasteiger partial charge in [-0.1, -0.05) is 43.3 Å². The molecular weight excluding hydrogens is 234 g/mol. The highest BCUT2D eigenvalue weighted by molar-refractivity contribution is 6.29. The fourth-order valence-electron chi connectivity index (χ4n) is 1.60. The quantitative estimate of drug-likeness (QED) is 0.796. The number of hydrogen-bond donors (Lipinski definition) is 1. The minimum Gasteiger partial charge on any atom is -0.488 e. The smallest absolute Gasteiger partial charge is 0.124 e. The van der Waals surface area contributed by atoms with E-state index in [-0.39, 0.29) is 6.04 Å². The van der Waals surface area contributed by atoms with Gasteiger partial charge in [-0.15, -0.1) is 0 Å². The maximum absolute atomic E-state index is 5.71. The molecule has 0 saturated heterocycles. The third-order valence-corrected chi connectivity index (χ3v) is 2.58. The lowest BCUT2D eigenvalue weighted by Gasteiger charge is -2.17. The van der Waals surface area contributed by atoms with Crippen LogP contribution >= 0.6 is 11.6 Å². The van der Waals surface area contributed by atoms with Crippen LogP contribution in [0.25, 0.3) is 0 Å². The van der Waals surface area contributed by atoms with E-state index in [2.05, 4.69) is 31.8 Å². The van der Waals surface area contributed by atoms with Gasteiger partial charge in [-0.25, -0.2) is 0 Å². The van der Waals surface area contributed by atoms with Gasteiger partial charge in [-0.2, -0.15) is 0 Å². The van der Waals surface area contributed by atoms with Crippen molar-refractivity contribution in [1.82, 2.24) is 5.32 Å². The van der Waals surface area contributed by atoms with Crippen LogP contribution in [0.15, 0.2) is 35.9 Å². The van der Waals surface area contributed by atoms with Crippen molar-refractivity contribution < 1.29 is 4.74 Å². The average Bonchev–Trinajstić information content (AvgIpc) is 2.33. The molecule has 0 fully saturated rings. The Morgan fingerprint density at radius 3 is 2.82 bits per heavy atom. The van der Waals surface area contributed by atoms with E-state index in [1.54, 1.807) is 0 Å². The Labute approximate surface area is 109 Å². The van der Waals surface area contributed by atoms with Gasteiger partial charge in [0.25, 0.3) is 0 Å². The van der Waals surface area contributed by atoms with Crippen molar-refractivity contribution in [2.45, 2.75) is 26.3 Å². The maximum atomic E-state index is 5.71. The topological polar surface area (TPSA) is 21.3 Å². The van der Waals surface area contributed by atoms with E-state index in [0.29, 0.717) is 11.6 Å². The lowest BCUT2D eigenvalue weighted by atomic mass is 10.1. The van der Waals surface area contributed by atoms with Crippen LogP contribution in [0.1, 0.15) is 31.9 Å². The fraction of sp³-hybridized carbons (Fsp3) is 0.429. The summed E-state index contributed by atoms with van der Waals surface area (Å²) in [5, 5.41) is 3.95. The van der Waals surface area contributed by atoms with Gasteiger partial charge in [0.15, 0.2) is 0 Å². The standard InChI is InChI=1S/C14H20ClNO/c1-4-9-16-12(3)13-7-5-6-8-14(13)17-10-11(2)15/h5-8,12,16H,2,4,9-10H2,1,3H3. The van der Waals surface area contributed by atoms with E-state index in [1.165, 1.54) is 0 Å². The van der Waals surface area contributed by atoms with Gasteiger partial charge in [0.1, 0.15) is 12.4 Å². The van der Waals surface area contributed by atoms with Crippen molar-refractivity contribution in [2.24, 2.45) is 0 Å². The predicted molar refractivity (Wildman–Crippen MR) is 73.6 cm³/mol. The summed E-state index contributed by atoms with van der Waals surface area (Å²) in [5.41, 5.74) is 1.15. The van der Waals surface area contributed by atoms with Crippen LogP contribution in [-0.2, 0) is 0 Å². The molecule has 0 heterocycles. The van der Waals surface area contributed by atoms with Gasteiger partial charge < -0.3 is 10.1 Å². The number of para-hydroxylation sites is 1. The van der Waals surface area contributed by atoms with E-state index in [9.17, 15) is 0 Å². The van der Waals surface area contributed by atoms with Crippen molar-refractivity contribution >= 4 is 11.6 Å². The van der Waals surface area contributed by atoms with Crippen LogP contribution in [0.5, 0.6) is 5.75 Å². The third kappa shape index (κ3) is 4.80. The second kappa shape index (κ2) is 7.36. The first-order valence-electron chi connectivity index (χ1n) is 5.93. The minimum absolute atomic E-state index is 0.273. The van der Waals surface area contributed by atoms with Gasteiger partial charge in [-0.05, 0) is 26.0 Å².